The third-order valence-corrected chi connectivity index (χ3v) is 8.68. The molecule has 1 amide bonds. The zero-order valence-electron chi connectivity index (χ0n) is 25.2. The SMILES string of the molecule is CC(=O)O[C@@H](C)C(=O)NCc1ccccc1-c1ccc([C@H]2O[C@@H](Cn3cnc(Cl)c3Cl)[C@@H](C)[C@@H](c3ccc(CO)cc3)O2)cc1. The average Bonchev–Trinajstić information content (AvgIpc) is 3.36. The Kier molecular flexibility index (Phi) is 10.6. The minimum Gasteiger partial charge on any atom is -0.453 e. The maximum Gasteiger partial charge on any atom is 0.303 e. The van der Waals surface area contributed by atoms with Crippen molar-refractivity contribution < 1.29 is 28.9 Å². The molecule has 2 N–H and O–H groups in total. The van der Waals surface area contributed by atoms with Crippen molar-refractivity contribution in [2.75, 3.05) is 0 Å². The van der Waals surface area contributed by atoms with Crippen LogP contribution in [0.3, 0.4) is 0 Å². The largest absolute Gasteiger partial charge is 0.453 e. The number of aromatic nitrogens is 2. The third kappa shape index (κ3) is 7.74. The lowest BCUT2D eigenvalue weighted by molar-refractivity contribution is -0.276. The van der Waals surface area contributed by atoms with Crippen LogP contribution in [-0.2, 0) is 43.5 Å². The number of halogens is 2. The first kappa shape index (κ1) is 32.7. The molecule has 0 radical (unpaired) electrons. The van der Waals surface area contributed by atoms with Crippen LogP contribution in [0, 0.1) is 5.92 Å². The Labute approximate surface area is 272 Å². The van der Waals surface area contributed by atoms with Crippen LogP contribution >= 0.6 is 23.2 Å². The minimum absolute atomic E-state index is 0.0368. The summed E-state index contributed by atoms with van der Waals surface area (Å²) in [5.74, 6) is -0.931. The highest BCUT2D eigenvalue weighted by atomic mass is 35.5. The number of carbonyl (C=O) groups is 2. The summed E-state index contributed by atoms with van der Waals surface area (Å²) in [4.78, 5) is 27.7. The van der Waals surface area contributed by atoms with E-state index in [0.29, 0.717) is 11.7 Å². The molecule has 9 nitrogen and oxygen atoms in total. The lowest BCUT2D eigenvalue weighted by atomic mass is 9.90. The fourth-order valence-electron chi connectivity index (χ4n) is 5.40. The number of benzene rings is 3. The Morgan fingerprint density at radius 2 is 1.71 bits per heavy atom. The van der Waals surface area contributed by atoms with Crippen LogP contribution in [0.25, 0.3) is 11.1 Å². The van der Waals surface area contributed by atoms with E-state index in [4.69, 9.17) is 37.4 Å². The number of carbonyl (C=O) groups excluding carboxylic acids is 2. The summed E-state index contributed by atoms with van der Waals surface area (Å²) in [7, 11) is 0. The van der Waals surface area contributed by atoms with E-state index in [1.54, 1.807) is 10.9 Å². The molecule has 0 aliphatic carbocycles. The van der Waals surface area contributed by atoms with Gasteiger partial charge in [-0.25, -0.2) is 4.98 Å². The van der Waals surface area contributed by atoms with E-state index in [0.717, 1.165) is 33.4 Å². The molecule has 236 valence electrons. The molecule has 11 heteroatoms. The fourth-order valence-corrected chi connectivity index (χ4v) is 5.71. The molecule has 2 heterocycles. The average molecular weight is 653 g/mol. The molecule has 0 unspecified atom stereocenters. The van der Waals surface area contributed by atoms with Crippen molar-refractivity contribution in [2.24, 2.45) is 5.92 Å². The van der Waals surface area contributed by atoms with Gasteiger partial charge in [-0.05, 0) is 34.7 Å². The Morgan fingerprint density at radius 1 is 1.02 bits per heavy atom. The standard InChI is InChI=1S/C34H35Cl2N3O6/c1-20-29(17-39-19-38-31(35)32(39)36)44-34(45-30(20)25-10-8-23(18-40)9-11-25)26-14-12-24(13-15-26)28-7-5-4-6-27(28)16-37-33(42)21(2)43-22(3)41/h4-15,19-21,29-30,34,40H,16-18H2,1-3H3,(H,37,42)/t20-,21+,29+,30+,34+/m1/s1. The van der Waals surface area contributed by atoms with E-state index in [1.165, 1.54) is 13.8 Å². The summed E-state index contributed by atoms with van der Waals surface area (Å²) in [5.41, 5.74) is 5.45. The fraction of sp³-hybridized carbons (Fsp3) is 0.324. The number of nitrogens with zero attached hydrogens (tertiary/aromatic N) is 2. The van der Waals surface area contributed by atoms with Crippen LogP contribution in [0.15, 0.2) is 79.1 Å². The molecular weight excluding hydrogens is 617 g/mol. The maximum absolute atomic E-state index is 12.4. The Morgan fingerprint density at radius 3 is 2.36 bits per heavy atom. The van der Waals surface area contributed by atoms with Crippen molar-refractivity contribution in [1.82, 2.24) is 14.9 Å². The lowest BCUT2D eigenvalue weighted by Crippen LogP contribution is -2.39. The van der Waals surface area contributed by atoms with Gasteiger partial charge in [-0.2, -0.15) is 0 Å². The molecule has 0 bridgehead atoms. The second-order valence-corrected chi connectivity index (χ2v) is 11.8. The van der Waals surface area contributed by atoms with Crippen LogP contribution in [0.2, 0.25) is 10.3 Å². The van der Waals surface area contributed by atoms with Gasteiger partial charge in [0, 0.05) is 24.9 Å². The van der Waals surface area contributed by atoms with Gasteiger partial charge in [0.25, 0.3) is 5.91 Å². The van der Waals surface area contributed by atoms with Gasteiger partial charge in [-0.3, -0.25) is 9.59 Å². The van der Waals surface area contributed by atoms with Crippen molar-refractivity contribution >= 4 is 35.1 Å². The van der Waals surface area contributed by atoms with Crippen molar-refractivity contribution in [2.45, 2.75) is 65.1 Å². The Hall–Kier alpha value is -3.73. The molecule has 4 aromatic rings. The Bertz CT molecular complexity index is 1630. The number of hydrogen-bond donors (Lipinski definition) is 2. The first-order valence-electron chi connectivity index (χ1n) is 14.6. The molecule has 1 fully saturated rings. The molecule has 0 saturated carbocycles. The van der Waals surface area contributed by atoms with Crippen molar-refractivity contribution in [1.29, 1.82) is 0 Å². The molecule has 5 atom stereocenters. The number of hydrogen-bond acceptors (Lipinski definition) is 7. The van der Waals surface area contributed by atoms with Gasteiger partial charge < -0.3 is 29.2 Å². The highest BCUT2D eigenvalue weighted by molar-refractivity contribution is 6.40. The number of aliphatic hydroxyl groups excluding tert-OH is 1. The summed E-state index contributed by atoms with van der Waals surface area (Å²) in [5, 5.41) is 13.0. The van der Waals surface area contributed by atoms with Crippen molar-refractivity contribution in [3.63, 3.8) is 0 Å². The van der Waals surface area contributed by atoms with Crippen LogP contribution < -0.4 is 5.32 Å². The summed E-state index contributed by atoms with van der Waals surface area (Å²) in [6.45, 7) is 5.55. The molecule has 45 heavy (non-hydrogen) atoms. The molecule has 1 aliphatic heterocycles. The Balaban J connectivity index is 1.37. The van der Waals surface area contributed by atoms with E-state index < -0.39 is 18.4 Å². The molecule has 1 saturated heterocycles. The number of rotatable bonds is 10. The molecule has 1 aliphatic rings. The molecule has 3 aromatic carbocycles. The summed E-state index contributed by atoms with van der Waals surface area (Å²) >= 11 is 12.5. The number of ether oxygens (including phenoxy) is 3. The predicted molar refractivity (Wildman–Crippen MR) is 170 cm³/mol. The van der Waals surface area contributed by atoms with E-state index in [2.05, 4.69) is 17.2 Å². The van der Waals surface area contributed by atoms with Gasteiger partial charge in [0.15, 0.2) is 17.5 Å². The van der Waals surface area contributed by atoms with Gasteiger partial charge in [0.1, 0.15) is 5.15 Å². The topological polar surface area (TPSA) is 112 Å². The van der Waals surface area contributed by atoms with E-state index >= 15 is 0 Å². The van der Waals surface area contributed by atoms with Crippen LogP contribution in [0.1, 0.15) is 55.4 Å². The van der Waals surface area contributed by atoms with Gasteiger partial charge in [-0.1, -0.05) is 103 Å². The number of imidazole rings is 1. The van der Waals surface area contributed by atoms with Crippen molar-refractivity contribution in [3.8, 4) is 11.1 Å². The zero-order valence-corrected chi connectivity index (χ0v) is 26.7. The smallest absolute Gasteiger partial charge is 0.303 e. The van der Waals surface area contributed by atoms with E-state index in [9.17, 15) is 14.7 Å². The van der Waals surface area contributed by atoms with E-state index in [1.807, 2.05) is 72.8 Å². The summed E-state index contributed by atoms with van der Waals surface area (Å²) in [6.07, 6.45) is -0.529. The zero-order chi connectivity index (χ0) is 32.1. The van der Waals surface area contributed by atoms with Crippen molar-refractivity contribution in [3.05, 3.63) is 112 Å². The normalized spacial score (nSPS) is 20.4. The molecule has 5 rings (SSSR count). The van der Waals surface area contributed by atoms with Gasteiger partial charge in [0.2, 0.25) is 0 Å². The molecule has 1 aromatic heterocycles. The van der Waals surface area contributed by atoms with E-state index in [-0.39, 0.29) is 42.3 Å². The number of esters is 1. The van der Waals surface area contributed by atoms with Crippen LogP contribution in [-0.4, -0.2) is 38.7 Å². The van der Waals surface area contributed by atoms with Gasteiger partial charge in [0.05, 0.1) is 31.7 Å². The molecular formula is C34H35Cl2N3O6. The first-order chi connectivity index (χ1) is 21.6. The third-order valence-electron chi connectivity index (χ3n) is 7.91. The highest BCUT2D eigenvalue weighted by Gasteiger charge is 2.39. The second-order valence-electron chi connectivity index (χ2n) is 11.0. The lowest BCUT2D eigenvalue weighted by Gasteiger charge is -2.41. The first-order valence-corrected chi connectivity index (χ1v) is 15.4. The van der Waals surface area contributed by atoms with Gasteiger partial charge >= 0.3 is 5.97 Å². The summed E-state index contributed by atoms with van der Waals surface area (Å²) in [6, 6.07) is 23.4. The van der Waals surface area contributed by atoms with Crippen LogP contribution in [0.5, 0.6) is 0 Å². The monoisotopic (exact) mass is 651 g/mol. The molecule has 0 spiro atoms. The summed E-state index contributed by atoms with van der Waals surface area (Å²) < 4.78 is 19.9. The maximum atomic E-state index is 12.4. The minimum atomic E-state index is -0.880. The number of nitrogens with one attached hydrogen (secondary N) is 1. The number of amides is 1. The highest BCUT2D eigenvalue weighted by Crippen LogP contribution is 2.42. The van der Waals surface area contributed by atoms with Crippen LogP contribution in [0.4, 0.5) is 0 Å². The predicted octanol–water partition coefficient (Wildman–Crippen LogP) is 6.41. The second kappa shape index (κ2) is 14.6. The number of aliphatic hydroxyl groups is 1. The quantitative estimate of drug-likeness (QED) is 0.191. The van der Waals surface area contributed by atoms with Gasteiger partial charge in [-0.15, -0.1) is 0 Å².